The molecule has 1 aromatic heterocycles. The molecular formula is C37H31ClN2O6S. The van der Waals surface area contributed by atoms with Crippen LogP contribution in [0.1, 0.15) is 35.2 Å². The normalized spacial score (nSPS) is 14.3. The summed E-state index contributed by atoms with van der Waals surface area (Å²) in [6, 6.07) is 28.9. The molecule has 10 heteroatoms. The Morgan fingerprint density at radius 2 is 1.68 bits per heavy atom. The molecule has 0 N–H and O–H groups in total. The molecule has 47 heavy (non-hydrogen) atoms. The van der Waals surface area contributed by atoms with E-state index in [0.717, 1.165) is 16.7 Å². The van der Waals surface area contributed by atoms with Crippen LogP contribution in [0.5, 0.6) is 17.2 Å². The van der Waals surface area contributed by atoms with Crippen LogP contribution in [0.25, 0.3) is 11.8 Å². The van der Waals surface area contributed by atoms with E-state index >= 15 is 0 Å². The van der Waals surface area contributed by atoms with Crippen LogP contribution in [0.4, 0.5) is 0 Å². The lowest BCUT2D eigenvalue weighted by molar-refractivity contribution is -0.138. The first-order valence-electron chi connectivity index (χ1n) is 14.9. The Labute approximate surface area is 280 Å². The van der Waals surface area contributed by atoms with Gasteiger partial charge in [-0.15, -0.1) is 0 Å². The second-order valence-electron chi connectivity index (χ2n) is 10.5. The van der Waals surface area contributed by atoms with Crippen LogP contribution in [-0.2, 0) is 16.1 Å². The molecule has 238 valence electrons. The number of nitrogens with zero attached hydrogens (tertiary/aromatic N) is 2. The van der Waals surface area contributed by atoms with E-state index in [1.165, 1.54) is 11.3 Å². The van der Waals surface area contributed by atoms with Crippen LogP contribution in [0.2, 0.25) is 5.02 Å². The molecule has 1 atom stereocenters. The number of benzene rings is 4. The van der Waals surface area contributed by atoms with E-state index in [9.17, 15) is 9.59 Å². The number of aromatic nitrogens is 1. The van der Waals surface area contributed by atoms with E-state index in [2.05, 4.69) is 0 Å². The zero-order valence-corrected chi connectivity index (χ0v) is 27.5. The van der Waals surface area contributed by atoms with Gasteiger partial charge in [0.25, 0.3) is 5.56 Å². The smallest absolute Gasteiger partial charge is 0.338 e. The maximum atomic E-state index is 14.2. The molecule has 8 nitrogen and oxygen atoms in total. The summed E-state index contributed by atoms with van der Waals surface area (Å²) in [5.41, 5.74) is 3.61. The molecule has 0 radical (unpaired) electrons. The van der Waals surface area contributed by atoms with Gasteiger partial charge in [-0.05, 0) is 66.1 Å². The third-order valence-electron chi connectivity index (χ3n) is 7.60. The predicted octanol–water partition coefficient (Wildman–Crippen LogP) is 6.19. The summed E-state index contributed by atoms with van der Waals surface area (Å²) in [5.74, 6) is 1.20. The van der Waals surface area contributed by atoms with Crippen molar-refractivity contribution in [3.05, 3.63) is 150 Å². The lowest BCUT2D eigenvalue weighted by atomic mass is 9.93. The third kappa shape index (κ3) is 6.72. The molecule has 0 unspecified atom stereocenters. The summed E-state index contributed by atoms with van der Waals surface area (Å²) in [6.45, 7) is 2.26. The molecule has 6 rings (SSSR count). The lowest BCUT2D eigenvalue weighted by Gasteiger charge is -2.26. The summed E-state index contributed by atoms with van der Waals surface area (Å²) in [4.78, 5) is 33.2. The Morgan fingerprint density at radius 1 is 0.936 bits per heavy atom. The van der Waals surface area contributed by atoms with Crippen molar-refractivity contribution >= 4 is 40.7 Å². The molecule has 5 aromatic rings. The summed E-state index contributed by atoms with van der Waals surface area (Å²) < 4.78 is 24.6. The third-order valence-corrected chi connectivity index (χ3v) is 8.83. The van der Waals surface area contributed by atoms with E-state index in [1.54, 1.807) is 43.9 Å². The lowest BCUT2D eigenvalue weighted by Crippen LogP contribution is -2.40. The van der Waals surface area contributed by atoms with Crippen molar-refractivity contribution in [1.82, 2.24) is 4.57 Å². The molecule has 1 aliphatic rings. The highest BCUT2D eigenvalue weighted by Crippen LogP contribution is 2.36. The van der Waals surface area contributed by atoms with Crippen LogP contribution in [0.3, 0.4) is 0 Å². The number of ether oxygens (including phenoxy) is 4. The van der Waals surface area contributed by atoms with Gasteiger partial charge in [-0.25, -0.2) is 9.79 Å². The highest BCUT2D eigenvalue weighted by Gasteiger charge is 2.35. The Hall–Kier alpha value is -5.12. The fraction of sp³-hybridized carbons (Fsp3) is 0.162. The monoisotopic (exact) mass is 666 g/mol. The number of esters is 1. The van der Waals surface area contributed by atoms with Crippen molar-refractivity contribution in [1.29, 1.82) is 0 Å². The Bertz CT molecular complexity index is 2120. The fourth-order valence-corrected chi connectivity index (χ4v) is 6.46. The van der Waals surface area contributed by atoms with Gasteiger partial charge in [-0.1, -0.05) is 83.6 Å². The van der Waals surface area contributed by atoms with E-state index in [0.29, 0.717) is 49.5 Å². The van der Waals surface area contributed by atoms with Crippen molar-refractivity contribution in [2.45, 2.75) is 19.6 Å². The van der Waals surface area contributed by atoms with Gasteiger partial charge in [-0.3, -0.25) is 9.36 Å². The summed E-state index contributed by atoms with van der Waals surface area (Å²) >= 11 is 7.25. The molecule has 4 aromatic carbocycles. The van der Waals surface area contributed by atoms with Crippen LogP contribution < -0.4 is 29.1 Å². The minimum atomic E-state index is -0.785. The van der Waals surface area contributed by atoms with E-state index in [1.807, 2.05) is 84.9 Å². The number of fused-ring (bicyclic) bond motifs is 1. The quantitative estimate of drug-likeness (QED) is 0.165. The summed E-state index contributed by atoms with van der Waals surface area (Å²) in [7, 11) is 3.15. The minimum absolute atomic E-state index is 0.172. The van der Waals surface area contributed by atoms with Crippen LogP contribution in [0, 0.1) is 0 Å². The second kappa shape index (κ2) is 14.1. The van der Waals surface area contributed by atoms with Crippen molar-refractivity contribution in [3.63, 3.8) is 0 Å². The standard InChI is InChI=1S/C37H31ClN2O6S/c1-4-45-36(42)32-33(25-8-6-5-7-9-25)39-37-40(34(32)26-13-17-28(43-2)18-14-26)35(41)31(47-37)21-24-12-19-29(30(20-24)44-3)46-22-23-10-15-27(38)16-11-23/h5-21,34H,4,22H2,1-3H3/b31-21-/t34-/m1/s1. The van der Waals surface area contributed by atoms with Gasteiger partial charge >= 0.3 is 5.97 Å². The van der Waals surface area contributed by atoms with Gasteiger partial charge in [0.1, 0.15) is 12.4 Å². The Kier molecular flexibility index (Phi) is 9.56. The Morgan fingerprint density at radius 3 is 2.36 bits per heavy atom. The number of methoxy groups -OCH3 is 2. The molecule has 0 saturated carbocycles. The van der Waals surface area contributed by atoms with Gasteiger partial charge < -0.3 is 18.9 Å². The van der Waals surface area contributed by atoms with Gasteiger partial charge in [0.2, 0.25) is 0 Å². The van der Waals surface area contributed by atoms with Crippen molar-refractivity contribution < 1.29 is 23.7 Å². The predicted molar refractivity (Wildman–Crippen MR) is 183 cm³/mol. The first kappa shape index (κ1) is 31.8. The van der Waals surface area contributed by atoms with E-state index in [-0.39, 0.29) is 17.7 Å². The van der Waals surface area contributed by atoms with E-state index in [4.69, 9.17) is 35.5 Å². The highest BCUT2D eigenvalue weighted by atomic mass is 35.5. The van der Waals surface area contributed by atoms with Gasteiger partial charge in [-0.2, -0.15) is 0 Å². The molecule has 0 fully saturated rings. The molecule has 0 saturated heterocycles. The summed E-state index contributed by atoms with van der Waals surface area (Å²) in [6.07, 6.45) is 1.79. The molecule has 1 aliphatic heterocycles. The maximum absolute atomic E-state index is 14.2. The average molecular weight is 667 g/mol. The number of carbonyl (C=O) groups is 1. The topological polar surface area (TPSA) is 88.4 Å². The van der Waals surface area contributed by atoms with Crippen LogP contribution >= 0.6 is 22.9 Å². The number of rotatable bonds is 10. The highest BCUT2D eigenvalue weighted by molar-refractivity contribution is 7.07. The van der Waals surface area contributed by atoms with Crippen molar-refractivity contribution in [2.75, 3.05) is 20.8 Å². The van der Waals surface area contributed by atoms with Gasteiger partial charge in [0, 0.05) is 10.6 Å². The first-order chi connectivity index (χ1) is 22.9. The number of carbonyl (C=O) groups excluding carboxylic acids is 1. The second-order valence-corrected chi connectivity index (χ2v) is 12.0. The molecule has 0 bridgehead atoms. The molecule has 0 amide bonds. The first-order valence-corrected chi connectivity index (χ1v) is 16.1. The van der Waals surface area contributed by atoms with Gasteiger partial charge in [0.05, 0.1) is 42.7 Å². The van der Waals surface area contributed by atoms with Gasteiger partial charge in [0.15, 0.2) is 16.3 Å². The van der Waals surface area contributed by atoms with Crippen LogP contribution in [-0.4, -0.2) is 31.4 Å². The largest absolute Gasteiger partial charge is 0.497 e. The van der Waals surface area contributed by atoms with Crippen molar-refractivity contribution in [3.8, 4) is 17.2 Å². The SMILES string of the molecule is CCOC(=O)C1=C(c2ccccc2)N=c2s/c(=C\c3ccc(OCc4ccc(Cl)cc4)c(OC)c3)c(=O)n2[C@@H]1c1ccc(OC)cc1. The fourth-order valence-electron chi connectivity index (χ4n) is 5.33. The molecule has 0 spiro atoms. The minimum Gasteiger partial charge on any atom is -0.497 e. The number of halogens is 1. The molecular weight excluding hydrogens is 636 g/mol. The average Bonchev–Trinajstić information content (AvgIpc) is 3.41. The molecule has 0 aliphatic carbocycles. The van der Waals surface area contributed by atoms with Crippen molar-refractivity contribution in [2.24, 2.45) is 4.99 Å². The zero-order chi connectivity index (χ0) is 32.9. The summed E-state index contributed by atoms with van der Waals surface area (Å²) in [5, 5.41) is 0.657. The zero-order valence-electron chi connectivity index (χ0n) is 25.9. The number of hydrogen-bond donors (Lipinski definition) is 0. The van der Waals surface area contributed by atoms with Crippen LogP contribution in [0.15, 0.2) is 112 Å². The number of thiazole rings is 1. The molecule has 2 heterocycles. The number of hydrogen-bond acceptors (Lipinski definition) is 8. The maximum Gasteiger partial charge on any atom is 0.338 e. The van der Waals surface area contributed by atoms with E-state index < -0.39 is 12.0 Å². The Balaban J connectivity index is 1.46.